The van der Waals surface area contributed by atoms with Crippen LogP contribution in [0.4, 0.5) is 0 Å². The fourth-order valence-electron chi connectivity index (χ4n) is 4.35. The number of amides is 1. The average Bonchev–Trinajstić information content (AvgIpc) is 3.29. The van der Waals surface area contributed by atoms with Crippen LogP contribution in [0.3, 0.4) is 0 Å². The number of nitrogens with zero attached hydrogens (tertiary/aromatic N) is 3. The van der Waals surface area contributed by atoms with E-state index in [2.05, 4.69) is 39.1 Å². The van der Waals surface area contributed by atoms with Gasteiger partial charge in [-0.2, -0.15) is 0 Å². The summed E-state index contributed by atoms with van der Waals surface area (Å²) in [5.74, 6) is -0.0843. The Kier molecular flexibility index (Phi) is 4.31. The molecule has 6 heteroatoms. The Morgan fingerprint density at radius 2 is 2.12 bits per heavy atom. The molecule has 0 bridgehead atoms. The van der Waals surface area contributed by atoms with Gasteiger partial charge >= 0.3 is 0 Å². The molecule has 1 aromatic heterocycles. The summed E-state index contributed by atoms with van der Waals surface area (Å²) in [6.07, 6.45) is 5.41. The number of aromatic amines is 1. The summed E-state index contributed by atoms with van der Waals surface area (Å²) in [5.41, 5.74) is 1.54. The summed E-state index contributed by atoms with van der Waals surface area (Å²) in [4.78, 5) is 23.4. The molecule has 6 nitrogen and oxygen atoms in total. The van der Waals surface area contributed by atoms with Crippen molar-refractivity contribution in [2.24, 2.45) is 0 Å². The van der Waals surface area contributed by atoms with Crippen molar-refractivity contribution < 1.29 is 9.90 Å². The monoisotopic (exact) mass is 340 g/mol. The van der Waals surface area contributed by atoms with Crippen LogP contribution in [0.1, 0.15) is 35.3 Å². The van der Waals surface area contributed by atoms with E-state index >= 15 is 0 Å². The number of carbonyl (C=O) groups excluding carboxylic acids is 1. The van der Waals surface area contributed by atoms with Gasteiger partial charge in [-0.25, -0.2) is 4.98 Å². The number of aliphatic hydroxyl groups excluding tert-OH is 1. The van der Waals surface area contributed by atoms with Gasteiger partial charge in [0.05, 0.1) is 24.2 Å². The summed E-state index contributed by atoms with van der Waals surface area (Å²) in [6, 6.07) is 10.4. The Bertz CT molecular complexity index is 718. The van der Waals surface area contributed by atoms with Crippen LogP contribution >= 0.6 is 0 Å². The molecule has 0 unspecified atom stereocenters. The number of aromatic nitrogens is 2. The zero-order chi connectivity index (χ0) is 17.3. The third kappa shape index (κ3) is 2.96. The molecule has 0 aliphatic carbocycles. The summed E-state index contributed by atoms with van der Waals surface area (Å²) in [6.45, 7) is 2.90. The maximum atomic E-state index is 12.5. The summed E-state index contributed by atoms with van der Waals surface area (Å²) >= 11 is 0. The van der Waals surface area contributed by atoms with Crippen LogP contribution in [0.15, 0.2) is 42.9 Å². The topological polar surface area (TPSA) is 72.5 Å². The van der Waals surface area contributed by atoms with E-state index in [4.69, 9.17) is 0 Å². The van der Waals surface area contributed by atoms with Crippen molar-refractivity contribution >= 4 is 5.91 Å². The molecule has 1 aromatic carbocycles. The van der Waals surface area contributed by atoms with Crippen LogP contribution in [0, 0.1) is 0 Å². The second-order valence-corrected chi connectivity index (χ2v) is 7.10. The molecule has 1 amide bonds. The fraction of sp³-hybridized carbons (Fsp3) is 0.474. The summed E-state index contributed by atoms with van der Waals surface area (Å²) < 4.78 is 0. The van der Waals surface area contributed by atoms with E-state index in [9.17, 15) is 9.90 Å². The quantitative estimate of drug-likeness (QED) is 0.891. The minimum Gasteiger partial charge on any atom is -0.389 e. The second-order valence-electron chi connectivity index (χ2n) is 7.10. The number of imidazole rings is 1. The lowest BCUT2D eigenvalue weighted by Gasteiger charge is -2.48. The lowest BCUT2D eigenvalue weighted by atomic mass is 9.82. The zero-order valence-corrected chi connectivity index (χ0v) is 14.3. The molecule has 2 aromatic rings. The van der Waals surface area contributed by atoms with E-state index < -0.39 is 6.10 Å². The molecule has 0 saturated carbocycles. The van der Waals surface area contributed by atoms with Crippen LogP contribution in [0.2, 0.25) is 0 Å². The molecule has 3 heterocycles. The molecule has 132 valence electrons. The molecule has 2 atom stereocenters. The van der Waals surface area contributed by atoms with Crippen LogP contribution in [-0.4, -0.2) is 62.1 Å². The highest BCUT2D eigenvalue weighted by molar-refractivity contribution is 5.92. The Hall–Kier alpha value is -2.18. The van der Waals surface area contributed by atoms with Gasteiger partial charge in [-0.05, 0) is 31.4 Å². The van der Waals surface area contributed by atoms with Gasteiger partial charge in [0.15, 0.2) is 0 Å². The Labute approximate surface area is 147 Å². The highest BCUT2D eigenvalue weighted by Gasteiger charge is 2.49. The van der Waals surface area contributed by atoms with Crippen LogP contribution < -0.4 is 0 Å². The molecule has 0 radical (unpaired) electrons. The zero-order valence-electron chi connectivity index (χ0n) is 14.3. The number of hydrogen-bond donors (Lipinski definition) is 2. The molecule has 2 fully saturated rings. The van der Waals surface area contributed by atoms with Gasteiger partial charge in [-0.15, -0.1) is 0 Å². The van der Waals surface area contributed by atoms with Crippen molar-refractivity contribution in [3.8, 4) is 0 Å². The van der Waals surface area contributed by atoms with Gasteiger partial charge in [0, 0.05) is 19.6 Å². The number of piperidine rings is 1. The molecule has 4 rings (SSSR count). The molecule has 2 aliphatic heterocycles. The van der Waals surface area contributed by atoms with Gasteiger partial charge in [-0.3, -0.25) is 9.69 Å². The number of carbonyl (C=O) groups is 1. The van der Waals surface area contributed by atoms with Crippen molar-refractivity contribution in [1.82, 2.24) is 19.8 Å². The molecule has 1 spiro atoms. The third-order valence-corrected chi connectivity index (χ3v) is 5.73. The van der Waals surface area contributed by atoms with E-state index in [-0.39, 0.29) is 11.4 Å². The molecule has 25 heavy (non-hydrogen) atoms. The number of benzene rings is 1. The van der Waals surface area contributed by atoms with Crippen molar-refractivity contribution in [3.05, 3.63) is 54.1 Å². The van der Waals surface area contributed by atoms with Crippen LogP contribution in [0.25, 0.3) is 0 Å². The van der Waals surface area contributed by atoms with E-state index in [0.29, 0.717) is 18.8 Å². The van der Waals surface area contributed by atoms with Gasteiger partial charge in [-0.1, -0.05) is 30.3 Å². The maximum Gasteiger partial charge on any atom is 0.272 e. The van der Waals surface area contributed by atoms with Crippen molar-refractivity contribution in [2.45, 2.75) is 37.5 Å². The third-order valence-electron chi connectivity index (χ3n) is 5.73. The van der Waals surface area contributed by atoms with E-state index in [0.717, 1.165) is 32.4 Å². The van der Waals surface area contributed by atoms with Gasteiger partial charge in [0.2, 0.25) is 0 Å². The summed E-state index contributed by atoms with van der Waals surface area (Å²) in [7, 11) is 0. The Balaban J connectivity index is 1.48. The Morgan fingerprint density at radius 3 is 2.84 bits per heavy atom. The van der Waals surface area contributed by atoms with Gasteiger partial charge < -0.3 is 15.0 Å². The molecule has 2 aliphatic rings. The molecule has 2 N–H and O–H groups in total. The van der Waals surface area contributed by atoms with Crippen molar-refractivity contribution in [1.29, 1.82) is 0 Å². The number of rotatable bonds is 3. The van der Waals surface area contributed by atoms with E-state index in [1.165, 1.54) is 18.1 Å². The van der Waals surface area contributed by atoms with Gasteiger partial charge in [0.1, 0.15) is 5.69 Å². The minimum atomic E-state index is -0.528. The molecular weight excluding hydrogens is 316 g/mol. The first kappa shape index (κ1) is 16.3. The summed E-state index contributed by atoms with van der Waals surface area (Å²) in [5, 5.41) is 11.0. The van der Waals surface area contributed by atoms with Crippen molar-refractivity contribution in [2.75, 3.05) is 19.6 Å². The lowest BCUT2D eigenvalue weighted by molar-refractivity contribution is -0.0597. The first-order valence-corrected chi connectivity index (χ1v) is 8.94. The maximum absolute atomic E-state index is 12.5. The highest BCUT2D eigenvalue weighted by atomic mass is 16.3. The van der Waals surface area contributed by atoms with Crippen LogP contribution in [0.5, 0.6) is 0 Å². The smallest absolute Gasteiger partial charge is 0.272 e. The SMILES string of the molecule is O=C(c1cnc[nH]1)N1CC[C@@]2(CCCN2Cc2ccccc2)[C@@H](O)C1. The van der Waals surface area contributed by atoms with Crippen LogP contribution in [-0.2, 0) is 6.54 Å². The van der Waals surface area contributed by atoms with Gasteiger partial charge in [0.25, 0.3) is 5.91 Å². The standard InChI is InChI=1S/C19H24N4O2/c24-17-13-22(18(25)16-11-20-14-21-16)10-8-19(17)7-4-9-23(19)12-15-5-2-1-3-6-15/h1-3,5-6,11,14,17,24H,4,7-10,12-13H2,(H,20,21)/t17-,19-/m0/s1. The lowest BCUT2D eigenvalue weighted by Crippen LogP contribution is -2.62. The van der Waals surface area contributed by atoms with E-state index in [1.54, 1.807) is 4.90 Å². The number of β-amino-alcohol motifs (C(OH)–C–C–N with tert-alkyl or cyclic N) is 1. The number of likely N-dealkylation sites (tertiary alicyclic amines) is 2. The largest absolute Gasteiger partial charge is 0.389 e. The predicted molar refractivity (Wildman–Crippen MR) is 93.9 cm³/mol. The number of nitrogens with one attached hydrogen (secondary N) is 1. The molecular formula is C19H24N4O2. The first-order valence-electron chi connectivity index (χ1n) is 8.94. The number of hydrogen-bond acceptors (Lipinski definition) is 4. The predicted octanol–water partition coefficient (Wildman–Crippen LogP) is 1.65. The van der Waals surface area contributed by atoms with Crippen molar-refractivity contribution in [3.63, 3.8) is 0 Å². The fourth-order valence-corrected chi connectivity index (χ4v) is 4.35. The number of H-pyrrole nitrogens is 1. The average molecular weight is 340 g/mol. The second kappa shape index (κ2) is 6.61. The normalized spacial score (nSPS) is 27.1. The highest BCUT2D eigenvalue weighted by Crippen LogP contribution is 2.39. The molecule has 2 saturated heterocycles. The minimum absolute atomic E-state index is 0.0843. The number of aliphatic hydroxyl groups is 1. The Morgan fingerprint density at radius 1 is 1.28 bits per heavy atom. The van der Waals surface area contributed by atoms with E-state index in [1.807, 2.05) is 6.07 Å². The first-order chi connectivity index (χ1) is 12.2.